The van der Waals surface area contributed by atoms with Crippen LogP contribution in [-0.2, 0) is 16.0 Å². The van der Waals surface area contributed by atoms with Crippen LogP contribution in [0.25, 0.3) is 0 Å². The number of aryl methyl sites for hydroxylation is 1. The molecule has 7 nitrogen and oxygen atoms in total. The molecule has 1 heterocycles. The van der Waals surface area contributed by atoms with Gasteiger partial charge in [-0.1, -0.05) is 0 Å². The van der Waals surface area contributed by atoms with Crippen LogP contribution in [0.15, 0.2) is 6.33 Å². The molecule has 19 heavy (non-hydrogen) atoms. The SMILES string of the molecule is O=C(O)[C@H]1CC[C@@H](C(=O)NCCCc2ncn[nH]2)C1. The van der Waals surface area contributed by atoms with Gasteiger partial charge in [-0.25, -0.2) is 4.98 Å². The maximum absolute atomic E-state index is 11.8. The van der Waals surface area contributed by atoms with E-state index >= 15 is 0 Å². The zero-order valence-corrected chi connectivity index (χ0v) is 10.6. The summed E-state index contributed by atoms with van der Waals surface area (Å²) in [4.78, 5) is 26.6. The molecular formula is C12H18N4O3. The Morgan fingerprint density at radius 3 is 2.84 bits per heavy atom. The lowest BCUT2D eigenvalue weighted by Crippen LogP contribution is -2.30. The fraction of sp³-hybridized carbons (Fsp3) is 0.667. The van der Waals surface area contributed by atoms with E-state index < -0.39 is 5.97 Å². The monoisotopic (exact) mass is 266 g/mol. The van der Waals surface area contributed by atoms with Crippen molar-refractivity contribution in [2.45, 2.75) is 32.1 Å². The van der Waals surface area contributed by atoms with Crippen LogP contribution in [0, 0.1) is 11.8 Å². The molecule has 1 amide bonds. The summed E-state index contributed by atoms with van der Waals surface area (Å²) >= 11 is 0. The molecule has 1 saturated carbocycles. The number of carbonyl (C=O) groups excluding carboxylic acids is 1. The normalized spacial score (nSPS) is 22.3. The summed E-state index contributed by atoms with van der Waals surface area (Å²) in [6, 6.07) is 0. The van der Waals surface area contributed by atoms with E-state index in [-0.39, 0.29) is 17.7 Å². The second-order valence-corrected chi connectivity index (χ2v) is 4.87. The average molecular weight is 266 g/mol. The van der Waals surface area contributed by atoms with Gasteiger partial charge in [-0.15, -0.1) is 0 Å². The fourth-order valence-electron chi connectivity index (χ4n) is 2.41. The van der Waals surface area contributed by atoms with Gasteiger partial charge in [0, 0.05) is 18.9 Å². The number of aliphatic carboxylic acids is 1. The predicted octanol–water partition coefficient (Wildman–Crippen LogP) is 0.354. The van der Waals surface area contributed by atoms with Gasteiger partial charge < -0.3 is 10.4 Å². The number of nitrogens with one attached hydrogen (secondary N) is 2. The van der Waals surface area contributed by atoms with Crippen LogP contribution in [0.3, 0.4) is 0 Å². The Balaban J connectivity index is 1.63. The Morgan fingerprint density at radius 1 is 1.42 bits per heavy atom. The van der Waals surface area contributed by atoms with Crippen LogP contribution in [0.2, 0.25) is 0 Å². The van der Waals surface area contributed by atoms with Gasteiger partial charge in [0.1, 0.15) is 12.2 Å². The topological polar surface area (TPSA) is 108 Å². The Morgan fingerprint density at radius 2 is 2.21 bits per heavy atom. The Hall–Kier alpha value is -1.92. The highest BCUT2D eigenvalue weighted by atomic mass is 16.4. The molecule has 0 saturated heterocycles. The van der Waals surface area contributed by atoms with Gasteiger partial charge in [0.15, 0.2) is 0 Å². The number of carbonyl (C=O) groups is 2. The molecule has 3 N–H and O–H groups in total. The average Bonchev–Trinajstić information content (AvgIpc) is 3.05. The zero-order chi connectivity index (χ0) is 13.7. The van der Waals surface area contributed by atoms with Gasteiger partial charge in [-0.2, -0.15) is 5.10 Å². The highest BCUT2D eigenvalue weighted by molar-refractivity contribution is 5.80. The molecule has 0 radical (unpaired) electrons. The first-order valence-electron chi connectivity index (χ1n) is 6.51. The first kappa shape index (κ1) is 13.5. The number of rotatable bonds is 6. The first-order valence-corrected chi connectivity index (χ1v) is 6.51. The van der Waals surface area contributed by atoms with Crippen molar-refractivity contribution >= 4 is 11.9 Å². The van der Waals surface area contributed by atoms with Crippen molar-refractivity contribution in [1.82, 2.24) is 20.5 Å². The summed E-state index contributed by atoms with van der Waals surface area (Å²) < 4.78 is 0. The van der Waals surface area contributed by atoms with E-state index in [0.29, 0.717) is 25.8 Å². The minimum Gasteiger partial charge on any atom is -0.481 e. The van der Waals surface area contributed by atoms with Crippen molar-refractivity contribution in [3.05, 3.63) is 12.2 Å². The van der Waals surface area contributed by atoms with Gasteiger partial charge in [0.25, 0.3) is 0 Å². The molecule has 2 rings (SSSR count). The molecule has 0 aromatic carbocycles. The van der Waals surface area contributed by atoms with Crippen LogP contribution in [0.1, 0.15) is 31.5 Å². The molecule has 0 unspecified atom stereocenters. The number of carboxylic acids is 1. The van der Waals surface area contributed by atoms with Gasteiger partial charge in [0.2, 0.25) is 5.91 Å². The maximum Gasteiger partial charge on any atom is 0.306 e. The third kappa shape index (κ3) is 3.77. The fourth-order valence-corrected chi connectivity index (χ4v) is 2.41. The van der Waals surface area contributed by atoms with Crippen LogP contribution >= 0.6 is 0 Å². The van der Waals surface area contributed by atoms with Crippen molar-refractivity contribution in [3.8, 4) is 0 Å². The predicted molar refractivity (Wildman–Crippen MR) is 66.2 cm³/mol. The number of nitrogens with zero attached hydrogens (tertiary/aromatic N) is 2. The minimum atomic E-state index is -0.791. The maximum atomic E-state index is 11.8. The third-order valence-corrected chi connectivity index (χ3v) is 3.51. The van der Waals surface area contributed by atoms with E-state index in [9.17, 15) is 9.59 Å². The molecule has 0 spiro atoms. The van der Waals surface area contributed by atoms with E-state index in [1.807, 2.05) is 0 Å². The Bertz CT molecular complexity index is 432. The quantitative estimate of drug-likeness (QED) is 0.644. The molecule has 7 heteroatoms. The van der Waals surface area contributed by atoms with Crippen LogP contribution in [0.5, 0.6) is 0 Å². The number of aromatic amines is 1. The molecule has 1 aromatic rings. The molecule has 1 aliphatic carbocycles. The first-order chi connectivity index (χ1) is 9.16. The van der Waals surface area contributed by atoms with Crippen molar-refractivity contribution in [1.29, 1.82) is 0 Å². The standard InChI is InChI=1S/C12H18N4O3/c17-11(8-3-4-9(6-8)12(18)19)13-5-1-2-10-14-7-15-16-10/h7-9H,1-6H2,(H,13,17)(H,18,19)(H,14,15,16)/t8-,9+/m1/s1. The van der Waals surface area contributed by atoms with Crippen LogP contribution in [0.4, 0.5) is 0 Å². The number of hydrogen-bond acceptors (Lipinski definition) is 4. The molecular weight excluding hydrogens is 248 g/mol. The van der Waals surface area contributed by atoms with Crippen molar-refractivity contribution in [2.24, 2.45) is 11.8 Å². The smallest absolute Gasteiger partial charge is 0.306 e. The van der Waals surface area contributed by atoms with E-state index in [1.54, 1.807) is 0 Å². The largest absolute Gasteiger partial charge is 0.481 e. The summed E-state index contributed by atoms with van der Waals surface area (Å²) in [5, 5.41) is 18.2. The van der Waals surface area contributed by atoms with Gasteiger partial charge in [0.05, 0.1) is 5.92 Å². The molecule has 1 aliphatic rings. The van der Waals surface area contributed by atoms with E-state index in [1.165, 1.54) is 6.33 Å². The van der Waals surface area contributed by atoms with E-state index in [0.717, 1.165) is 18.7 Å². The van der Waals surface area contributed by atoms with Crippen molar-refractivity contribution in [2.75, 3.05) is 6.54 Å². The summed E-state index contributed by atoms with van der Waals surface area (Å²) in [6.45, 7) is 0.577. The van der Waals surface area contributed by atoms with Gasteiger partial charge >= 0.3 is 5.97 Å². The number of amides is 1. The number of H-pyrrole nitrogens is 1. The number of hydrogen-bond donors (Lipinski definition) is 3. The molecule has 2 atom stereocenters. The van der Waals surface area contributed by atoms with Crippen LogP contribution in [-0.4, -0.2) is 38.7 Å². The zero-order valence-electron chi connectivity index (χ0n) is 10.6. The second kappa shape index (κ2) is 6.31. The lowest BCUT2D eigenvalue weighted by molar-refractivity contribution is -0.141. The van der Waals surface area contributed by atoms with Crippen LogP contribution < -0.4 is 5.32 Å². The molecule has 1 fully saturated rings. The van der Waals surface area contributed by atoms with Gasteiger partial charge in [-0.05, 0) is 25.7 Å². The summed E-state index contributed by atoms with van der Waals surface area (Å²) in [7, 11) is 0. The molecule has 0 bridgehead atoms. The summed E-state index contributed by atoms with van der Waals surface area (Å²) in [6.07, 6.45) is 4.72. The summed E-state index contributed by atoms with van der Waals surface area (Å²) in [5.41, 5.74) is 0. The van der Waals surface area contributed by atoms with E-state index in [4.69, 9.17) is 5.11 Å². The van der Waals surface area contributed by atoms with Crippen molar-refractivity contribution < 1.29 is 14.7 Å². The molecule has 0 aliphatic heterocycles. The summed E-state index contributed by atoms with van der Waals surface area (Å²) in [5.74, 6) is -0.515. The Labute approximate surface area is 110 Å². The lowest BCUT2D eigenvalue weighted by atomic mass is 10.0. The number of aromatic nitrogens is 3. The minimum absolute atomic E-state index is 0.0266. The van der Waals surface area contributed by atoms with Gasteiger partial charge in [-0.3, -0.25) is 14.7 Å². The highest BCUT2D eigenvalue weighted by Gasteiger charge is 2.33. The molecule has 1 aromatic heterocycles. The third-order valence-electron chi connectivity index (χ3n) is 3.51. The Kier molecular flexibility index (Phi) is 4.48. The molecule has 104 valence electrons. The number of carboxylic acid groups (broad SMARTS) is 1. The second-order valence-electron chi connectivity index (χ2n) is 4.87. The van der Waals surface area contributed by atoms with E-state index in [2.05, 4.69) is 20.5 Å². The highest BCUT2D eigenvalue weighted by Crippen LogP contribution is 2.30. The lowest BCUT2D eigenvalue weighted by Gasteiger charge is -2.10. The van der Waals surface area contributed by atoms with Crippen molar-refractivity contribution in [3.63, 3.8) is 0 Å².